The van der Waals surface area contributed by atoms with Gasteiger partial charge in [0, 0.05) is 22.0 Å². The van der Waals surface area contributed by atoms with Crippen molar-refractivity contribution >= 4 is 34.0 Å². The van der Waals surface area contributed by atoms with Gasteiger partial charge in [-0.25, -0.2) is 9.78 Å². The summed E-state index contributed by atoms with van der Waals surface area (Å²) >= 11 is 7.32. The number of aliphatic hydroxyl groups is 1. The molecule has 2 aromatic rings. The van der Waals surface area contributed by atoms with Gasteiger partial charge >= 0.3 is 5.97 Å². The predicted molar refractivity (Wildman–Crippen MR) is 83.3 cm³/mol. The van der Waals surface area contributed by atoms with E-state index in [2.05, 4.69) is 10.3 Å². The third-order valence-electron chi connectivity index (χ3n) is 3.04. The van der Waals surface area contributed by atoms with Crippen LogP contribution in [0.5, 0.6) is 0 Å². The number of carbonyl (C=O) groups is 1. The summed E-state index contributed by atoms with van der Waals surface area (Å²) in [6.07, 6.45) is 0. The van der Waals surface area contributed by atoms with Gasteiger partial charge in [-0.05, 0) is 19.9 Å². The Bertz CT molecular complexity index is 670. The molecule has 0 saturated carbocycles. The number of carboxylic acid groups (broad SMARTS) is 1. The smallest absolute Gasteiger partial charge is 0.355 e. The Morgan fingerprint density at radius 2 is 2.14 bits per heavy atom. The lowest BCUT2D eigenvalue weighted by Gasteiger charge is -2.25. The number of nitrogens with one attached hydrogen (secondary N) is 1. The van der Waals surface area contributed by atoms with Crippen LogP contribution in [0.3, 0.4) is 0 Å². The summed E-state index contributed by atoms with van der Waals surface area (Å²) in [6.45, 7) is 3.50. The number of rotatable bonds is 5. The highest BCUT2D eigenvalue weighted by Gasteiger charge is 2.26. The second-order valence-electron chi connectivity index (χ2n) is 4.84. The van der Waals surface area contributed by atoms with Gasteiger partial charge in [-0.15, -0.1) is 11.3 Å². The highest BCUT2D eigenvalue weighted by Crippen LogP contribution is 2.29. The summed E-state index contributed by atoms with van der Waals surface area (Å²) < 4.78 is 0. The number of anilines is 1. The van der Waals surface area contributed by atoms with Gasteiger partial charge in [0.2, 0.25) is 0 Å². The summed E-state index contributed by atoms with van der Waals surface area (Å²) in [4.78, 5) is 15.6. The molecule has 0 spiro atoms. The van der Waals surface area contributed by atoms with Gasteiger partial charge in [0.25, 0.3) is 0 Å². The minimum atomic E-state index is -1.19. The number of carboxylic acids is 1. The summed E-state index contributed by atoms with van der Waals surface area (Å²) in [5.41, 5.74) is -0.563. The Morgan fingerprint density at radius 3 is 2.71 bits per heavy atom. The Kier molecular flexibility index (Phi) is 4.51. The minimum Gasteiger partial charge on any atom is -0.476 e. The Balaban J connectivity index is 2.14. The van der Waals surface area contributed by atoms with Crippen LogP contribution in [-0.4, -0.2) is 27.7 Å². The molecule has 1 atom stereocenters. The normalized spacial score (nSPS) is 13.7. The number of nitrogens with zero attached hydrogens (tertiary/aromatic N) is 1. The van der Waals surface area contributed by atoms with E-state index in [0.29, 0.717) is 20.6 Å². The molecule has 0 bridgehead atoms. The van der Waals surface area contributed by atoms with E-state index in [1.165, 1.54) is 11.3 Å². The zero-order chi connectivity index (χ0) is 15.6. The van der Waals surface area contributed by atoms with E-state index in [1.807, 2.05) is 0 Å². The Hall–Kier alpha value is -1.63. The minimum absolute atomic E-state index is 0.0277. The number of halogens is 1. The van der Waals surface area contributed by atoms with Crippen LogP contribution in [0.1, 0.15) is 27.9 Å². The molecule has 21 heavy (non-hydrogen) atoms. The maximum Gasteiger partial charge on any atom is 0.355 e. The average molecular weight is 327 g/mol. The lowest BCUT2D eigenvalue weighted by molar-refractivity contribution is 0.0690. The number of aromatic nitrogens is 1. The lowest BCUT2D eigenvalue weighted by Crippen LogP contribution is -2.31. The number of aromatic carboxylic acids is 1. The van der Waals surface area contributed by atoms with Crippen molar-refractivity contribution in [1.82, 2.24) is 4.98 Å². The molecular weight excluding hydrogens is 312 g/mol. The molecule has 0 amide bonds. The molecule has 1 heterocycles. The van der Waals surface area contributed by atoms with Crippen LogP contribution in [0.2, 0.25) is 5.02 Å². The van der Waals surface area contributed by atoms with Crippen molar-refractivity contribution in [2.75, 3.05) is 11.9 Å². The summed E-state index contributed by atoms with van der Waals surface area (Å²) in [6, 6.07) is 7.05. The van der Waals surface area contributed by atoms with Crippen molar-refractivity contribution in [1.29, 1.82) is 0 Å². The monoisotopic (exact) mass is 326 g/mol. The molecule has 5 nitrogen and oxygen atoms in total. The standard InChI is InChI=1S/C14H15ClN2O3S/c1-8-11(12(18)19)17-13(21-8)16-7-14(2,20)9-5-3-4-6-10(9)15/h3-6,20H,7H2,1-2H3,(H,16,17)(H,18,19). The summed E-state index contributed by atoms with van der Waals surface area (Å²) in [7, 11) is 0. The SMILES string of the molecule is Cc1sc(NCC(C)(O)c2ccccc2Cl)nc1C(=O)O. The molecule has 2 rings (SSSR count). The first-order valence-electron chi connectivity index (χ1n) is 6.23. The Labute approximate surface area is 131 Å². The summed E-state index contributed by atoms with van der Waals surface area (Å²) in [5.74, 6) is -1.06. The number of aryl methyl sites for hydroxylation is 1. The highest BCUT2D eigenvalue weighted by molar-refractivity contribution is 7.15. The van der Waals surface area contributed by atoms with E-state index in [1.54, 1.807) is 38.1 Å². The van der Waals surface area contributed by atoms with Crippen molar-refractivity contribution in [3.63, 3.8) is 0 Å². The van der Waals surface area contributed by atoms with Crippen molar-refractivity contribution in [3.8, 4) is 0 Å². The Morgan fingerprint density at radius 1 is 1.48 bits per heavy atom. The maximum absolute atomic E-state index is 11.0. The van der Waals surface area contributed by atoms with Crippen LogP contribution in [0, 0.1) is 6.92 Å². The molecule has 7 heteroatoms. The second-order valence-corrected chi connectivity index (χ2v) is 6.45. The zero-order valence-electron chi connectivity index (χ0n) is 11.6. The molecule has 112 valence electrons. The number of hydrogen-bond donors (Lipinski definition) is 3. The molecule has 1 aromatic heterocycles. The van der Waals surface area contributed by atoms with Crippen molar-refractivity contribution in [3.05, 3.63) is 45.4 Å². The lowest BCUT2D eigenvalue weighted by atomic mass is 9.96. The average Bonchev–Trinajstić information content (AvgIpc) is 2.78. The summed E-state index contributed by atoms with van der Waals surface area (Å²) in [5, 5.41) is 23.4. The molecule has 0 aliphatic heterocycles. The number of thiazole rings is 1. The molecule has 1 unspecified atom stereocenters. The third kappa shape index (κ3) is 3.53. The zero-order valence-corrected chi connectivity index (χ0v) is 13.1. The first-order chi connectivity index (χ1) is 9.81. The van der Waals surface area contributed by atoms with Crippen LogP contribution in [0.15, 0.2) is 24.3 Å². The quantitative estimate of drug-likeness (QED) is 0.786. The van der Waals surface area contributed by atoms with Crippen LogP contribution >= 0.6 is 22.9 Å². The first kappa shape index (κ1) is 15.8. The molecular formula is C14H15ClN2O3S. The van der Waals surface area contributed by atoms with Gasteiger partial charge in [0.1, 0.15) is 5.60 Å². The van der Waals surface area contributed by atoms with Crippen LogP contribution in [0.4, 0.5) is 5.13 Å². The van der Waals surface area contributed by atoms with Gasteiger partial charge in [-0.1, -0.05) is 29.8 Å². The molecule has 3 N–H and O–H groups in total. The van der Waals surface area contributed by atoms with Gasteiger partial charge in [-0.2, -0.15) is 0 Å². The molecule has 0 radical (unpaired) electrons. The fraction of sp³-hybridized carbons (Fsp3) is 0.286. The fourth-order valence-electron chi connectivity index (χ4n) is 1.91. The number of benzene rings is 1. The molecule has 0 aliphatic carbocycles. The molecule has 0 aliphatic rings. The first-order valence-corrected chi connectivity index (χ1v) is 7.42. The largest absolute Gasteiger partial charge is 0.476 e. The van der Waals surface area contributed by atoms with E-state index in [-0.39, 0.29) is 12.2 Å². The maximum atomic E-state index is 11.0. The van der Waals surface area contributed by atoms with E-state index in [9.17, 15) is 9.90 Å². The van der Waals surface area contributed by atoms with Gasteiger partial charge in [-0.3, -0.25) is 0 Å². The van der Waals surface area contributed by atoms with Crippen LogP contribution < -0.4 is 5.32 Å². The van der Waals surface area contributed by atoms with Crippen LogP contribution in [0.25, 0.3) is 0 Å². The predicted octanol–water partition coefficient (Wildman–Crippen LogP) is 3.12. The van der Waals surface area contributed by atoms with E-state index < -0.39 is 11.6 Å². The van der Waals surface area contributed by atoms with Crippen molar-refractivity contribution in [2.45, 2.75) is 19.4 Å². The molecule has 0 saturated heterocycles. The third-order valence-corrected chi connectivity index (χ3v) is 4.30. The molecule has 0 fully saturated rings. The van der Waals surface area contributed by atoms with Crippen molar-refractivity contribution < 1.29 is 15.0 Å². The van der Waals surface area contributed by atoms with E-state index in [0.717, 1.165) is 0 Å². The molecule has 1 aromatic carbocycles. The fourth-order valence-corrected chi connectivity index (χ4v) is 3.05. The van der Waals surface area contributed by atoms with E-state index >= 15 is 0 Å². The van der Waals surface area contributed by atoms with E-state index in [4.69, 9.17) is 16.7 Å². The van der Waals surface area contributed by atoms with Crippen molar-refractivity contribution in [2.24, 2.45) is 0 Å². The van der Waals surface area contributed by atoms with Gasteiger partial charge in [0.05, 0.1) is 0 Å². The van der Waals surface area contributed by atoms with Gasteiger partial charge in [0.15, 0.2) is 10.8 Å². The van der Waals surface area contributed by atoms with Gasteiger partial charge < -0.3 is 15.5 Å². The highest BCUT2D eigenvalue weighted by atomic mass is 35.5. The second kappa shape index (κ2) is 6.01. The topological polar surface area (TPSA) is 82.5 Å². The number of hydrogen-bond acceptors (Lipinski definition) is 5. The van der Waals surface area contributed by atoms with Crippen LogP contribution in [-0.2, 0) is 5.60 Å².